The van der Waals surface area contributed by atoms with E-state index in [0.29, 0.717) is 5.92 Å². The van der Waals surface area contributed by atoms with Gasteiger partial charge in [0.05, 0.1) is 18.5 Å². The van der Waals surface area contributed by atoms with Gasteiger partial charge in [-0.3, -0.25) is 0 Å². The lowest BCUT2D eigenvalue weighted by Gasteiger charge is -2.08. The number of nitrogens with two attached hydrogens (primary N) is 1. The van der Waals surface area contributed by atoms with Crippen molar-refractivity contribution in [3.8, 4) is 17.1 Å². The van der Waals surface area contributed by atoms with Crippen molar-refractivity contribution >= 4 is 0 Å². The molecule has 1 aromatic carbocycles. The molecule has 0 radical (unpaired) electrons. The van der Waals surface area contributed by atoms with Gasteiger partial charge >= 0.3 is 0 Å². The van der Waals surface area contributed by atoms with Gasteiger partial charge in [0, 0.05) is 11.6 Å². The summed E-state index contributed by atoms with van der Waals surface area (Å²) < 4.78 is 5.65. The molecule has 0 aliphatic rings. The van der Waals surface area contributed by atoms with E-state index in [2.05, 4.69) is 23.8 Å². The summed E-state index contributed by atoms with van der Waals surface area (Å²) in [7, 11) is 0. The number of aromatic amines is 1. The lowest BCUT2D eigenvalue weighted by atomic mass is 10.2. The van der Waals surface area contributed by atoms with E-state index in [4.69, 9.17) is 10.5 Å². The molecular weight excluding hydrogens is 238 g/mol. The van der Waals surface area contributed by atoms with Gasteiger partial charge in [-0.1, -0.05) is 13.8 Å². The average molecular weight is 259 g/mol. The van der Waals surface area contributed by atoms with Crippen LogP contribution in [0.2, 0.25) is 0 Å². The fourth-order valence-corrected chi connectivity index (χ4v) is 1.69. The molecule has 0 saturated carbocycles. The maximum absolute atomic E-state index is 5.81. The molecule has 102 valence electrons. The first kappa shape index (κ1) is 13.6. The highest BCUT2D eigenvalue weighted by Crippen LogP contribution is 2.21. The van der Waals surface area contributed by atoms with Crippen LogP contribution in [0.3, 0.4) is 0 Å². The molecule has 0 amide bonds. The Morgan fingerprint density at radius 1 is 1.21 bits per heavy atom. The van der Waals surface area contributed by atoms with Crippen LogP contribution >= 0.6 is 0 Å². The number of rotatable bonds is 5. The quantitative estimate of drug-likeness (QED) is 0.867. The van der Waals surface area contributed by atoms with Crippen LogP contribution in [0, 0.1) is 5.92 Å². The predicted molar refractivity (Wildman–Crippen MR) is 77.0 cm³/mol. The van der Waals surface area contributed by atoms with E-state index < -0.39 is 0 Å². The zero-order valence-electron chi connectivity index (χ0n) is 11.7. The molecule has 0 aliphatic carbocycles. The van der Waals surface area contributed by atoms with Crippen LogP contribution in [0.5, 0.6) is 5.75 Å². The molecule has 1 aromatic heterocycles. The Bertz CT molecular complexity index is 514. The molecule has 19 heavy (non-hydrogen) atoms. The van der Waals surface area contributed by atoms with Crippen molar-refractivity contribution in [3.05, 3.63) is 36.2 Å². The molecule has 4 nitrogen and oxygen atoms in total. The van der Waals surface area contributed by atoms with Gasteiger partial charge in [0.25, 0.3) is 0 Å². The molecule has 1 unspecified atom stereocenters. The second-order valence-corrected chi connectivity index (χ2v) is 5.21. The molecular formula is C15H21N3O. The third-order valence-electron chi connectivity index (χ3n) is 2.80. The highest BCUT2D eigenvalue weighted by atomic mass is 16.5. The summed E-state index contributed by atoms with van der Waals surface area (Å²) in [6.45, 7) is 6.93. The summed E-state index contributed by atoms with van der Waals surface area (Å²) in [5.41, 5.74) is 7.78. The van der Waals surface area contributed by atoms with Crippen molar-refractivity contribution < 1.29 is 4.74 Å². The standard InChI is InChI=1S/C15H21N3O/c1-10(2)9-19-13-6-4-12(5-7-13)15-17-8-14(18-15)11(3)16/h4-8,10-11H,9,16H2,1-3H3,(H,17,18). The topological polar surface area (TPSA) is 63.9 Å². The van der Waals surface area contributed by atoms with Crippen LogP contribution in [0.15, 0.2) is 30.5 Å². The second-order valence-electron chi connectivity index (χ2n) is 5.21. The fourth-order valence-electron chi connectivity index (χ4n) is 1.69. The number of imidazole rings is 1. The maximum atomic E-state index is 5.81. The number of ether oxygens (including phenoxy) is 1. The van der Waals surface area contributed by atoms with Crippen molar-refractivity contribution in [2.24, 2.45) is 11.7 Å². The molecule has 0 spiro atoms. The van der Waals surface area contributed by atoms with E-state index in [9.17, 15) is 0 Å². The molecule has 0 saturated heterocycles. The Labute approximate surface area is 114 Å². The second kappa shape index (κ2) is 5.89. The highest BCUT2D eigenvalue weighted by molar-refractivity contribution is 5.56. The molecule has 0 fully saturated rings. The Morgan fingerprint density at radius 2 is 1.89 bits per heavy atom. The van der Waals surface area contributed by atoms with Crippen molar-refractivity contribution in [1.29, 1.82) is 0 Å². The predicted octanol–water partition coefficient (Wildman–Crippen LogP) is 3.13. The van der Waals surface area contributed by atoms with Crippen molar-refractivity contribution in [2.45, 2.75) is 26.8 Å². The maximum Gasteiger partial charge on any atom is 0.137 e. The molecule has 1 heterocycles. The number of hydrogen-bond acceptors (Lipinski definition) is 3. The summed E-state index contributed by atoms with van der Waals surface area (Å²) in [6.07, 6.45) is 1.78. The normalized spacial score (nSPS) is 12.7. The average Bonchev–Trinajstić information content (AvgIpc) is 2.86. The van der Waals surface area contributed by atoms with Crippen LogP contribution in [-0.4, -0.2) is 16.6 Å². The Kier molecular flexibility index (Phi) is 4.22. The number of H-pyrrole nitrogens is 1. The van der Waals surface area contributed by atoms with Crippen molar-refractivity contribution in [2.75, 3.05) is 6.61 Å². The summed E-state index contributed by atoms with van der Waals surface area (Å²) in [5, 5.41) is 0. The van der Waals surface area contributed by atoms with E-state index >= 15 is 0 Å². The third-order valence-corrected chi connectivity index (χ3v) is 2.80. The van der Waals surface area contributed by atoms with Gasteiger partial charge < -0.3 is 15.5 Å². The zero-order chi connectivity index (χ0) is 13.8. The largest absolute Gasteiger partial charge is 0.493 e. The molecule has 0 aliphatic heterocycles. The van der Waals surface area contributed by atoms with Crippen LogP contribution in [0.25, 0.3) is 11.4 Å². The summed E-state index contributed by atoms with van der Waals surface area (Å²) in [5.74, 6) is 2.25. The van der Waals surface area contributed by atoms with Crippen LogP contribution in [-0.2, 0) is 0 Å². The first-order chi connectivity index (χ1) is 9.06. The van der Waals surface area contributed by atoms with Crippen LogP contribution in [0.1, 0.15) is 32.5 Å². The Morgan fingerprint density at radius 3 is 2.42 bits per heavy atom. The first-order valence-electron chi connectivity index (χ1n) is 6.60. The highest BCUT2D eigenvalue weighted by Gasteiger charge is 2.06. The summed E-state index contributed by atoms with van der Waals surface area (Å²) in [6, 6.07) is 7.89. The van der Waals surface area contributed by atoms with Gasteiger partial charge in [0.2, 0.25) is 0 Å². The Hall–Kier alpha value is -1.81. The number of benzene rings is 1. The van der Waals surface area contributed by atoms with E-state index in [0.717, 1.165) is 29.4 Å². The monoisotopic (exact) mass is 259 g/mol. The van der Waals surface area contributed by atoms with Gasteiger partial charge in [-0.15, -0.1) is 0 Å². The van der Waals surface area contributed by atoms with E-state index in [1.165, 1.54) is 0 Å². The van der Waals surface area contributed by atoms with E-state index in [1.54, 1.807) is 6.20 Å². The Balaban J connectivity index is 2.08. The number of hydrogen-bond donors (Lipinski definition) is 2. The molecule has 2 aromatic rings. The fraction of sp³-hybridized carbons (Fsp3) is 0.400. The molecule has 0 bridgehead atoms. The van der Waals surface area contributed by atoms with E-state index in [1.807, 2.05) is 31.2 Å². The smallest absolute Gasteiger partial charge is 0.137 e. The molecule has 4 heteroatoms. The zero-order valence-corrected chi connectivity index (χ0v) is 11.7. The van der Waals surface area contributed by atoms with Gasteiger partial charge in [-0.2, -0.15) is 0 Å². The molecule has 1 atom stereocenters. The van der Waals surface area contributed by atoms with Gasteiger partial charge in [-0.05, 0) is 37.1 Å². The minimum absolute atomic E-state index is 0.0325. The first-order valence-corrected chi connectivity index (χ1v) is 6.60. The summed E-state index contributed by atoms with van der Waals surface area (Å²) in [4.78, 5) is 7.56. The number of aromatic nitrogens is 2. The summed E-state index contributed by atoms with van der Waals surface area (Å²) >= 11 is 0. The van der Waals surface area contributed by atoms with Gasteiger partial charge in [-0.25, -0.2) is 4.98 Å². The van der Waals surface area contributed by atoms with Crippen molar-refractivity contribution in [1.82, 2.24) is 9.97 Å². The lowest BCUT2D eigenvalue weighted by Crippen LogP contribution is -2.05. The molecule has 3 N–H and O–H groups in total. The third kappa shape index (κ3) is 3.58. The van der Waals surface area contributed by atoms with E-state index in [-0.39, 0.29) is 6.04 Å². The van der Waals surface area contributed by atoms with Crippen LogP contribution in [0.4, 0.5) is 0 Å². The molecule has 2 rings (SSSR count). The lowest BCUT2D eigenvalue weighted by molar-refractivity contribution is 0.271. The van der Waals surface area contributed by atoms with Crippen LogP contribution < -0.4 is 10.5 Å². The number of nitrogens with zero attached hydrogens (tertiary/aromatic N) is 1. The SMILES string of the molecule is CC(C)COc1ccc(-c2ncc(C(C)N)[nH]2)cc1. The number of nitrogens with one attached hydrogen (secondary N) is 1. The van der Waals surface area contributed by atoms with Crippen molar-refractivity contribution in [3.63, 3.8) is 0 Å². The van der Waals surface area contributed by atoms with Gasteiger partial charge in [0.15, 0.2) is 0 Å². The van der Waals surface area contributed by atoms with Gasteiger partial charge in [0.1, 0.15) is 11.6 Å². The minimum Gasteiger partial charge on any atom is -0.493 e. The minimum atomic E-state index is -0.0325.